The smallest absolute Gasteiger partial charge is 0.170 e. The lowest BCUT2D eigenvalue weighted by Crippen LogP contribution is -2.34. The summed E-state index contributed by atoms with van der Waals surface area (Å²) in [5, 5.41) is 8.13. The van der Waals surface area contributed by atoms with Crippen LogP contribution in [0.1, 0.15) is 12.8 Å². The summed E-state index contributed by atoms with van der Waals surface area (Å²) >= 11 is 7.09. The average molecular weight is 370 g/mol. The molecule has 1 atom stereocenters. The van der Waals surface area contributed by atoms with Crippen molar-refractivity contribution in [3.63, 3.8) is 0 Å². The molecule has 2 aromatic carbocycles. The molecule has 1 saturated heterocycles. The minimum absolute atomic E-state index is 0.272. The van der Waals surface area contributed by atoms with Gasteiger partial charge in [-0.15, -0.1) is 11.3 Å². The van der Waals surface area contributed by atoms with Crippen LogP contribution in [0, 0.1) is 0 Å². The molecule has 4 rings (SSSR count). The van der Waals surface area contributed by atoms with Gasteiger partial charge in [-0.2, -0.15) is 0 Å². The van der Waals surface area contributed by atoms with Crippen molar-refractivity contribution in [3.05, 3.63) is 48.5 Å². The Morgan fingerprint density at radius 3 is 3.00 bits per heavy atom. The Balaban J connectivity index is 1.44. The number of anilines is 1. The van der Waals surface area contributed by atoms with Gasteiger partial charge in [-0.1, -0.05) is 24.3 Å². The Bertz CT molecular complexity index is 854. The van der Waals surface area contributed by atoms with Crippen LogP contribution in [0.25, 0.3) is 20.8 Å². The summed E-state index contributed by atoms with van der Waals surface area (Å²) in [6, 6.07) is 16.4. The second kappa shape index (κ2) is 7.47. The van der Waals surface area contributed by atoms with Crippen LogP contribution < -0.4 is 10.6 Å². The molecule has 0 unspecified atom stereocenters. The third-order valence-electron chi connectivity index (χ3n) is 4.18. The highest BCUT2D eigenvalue weighted by Crippen LogP contribution is 2.31. The highest BCUT2D eigenvalue weighted by molar-refractivity contribution is 7.80. The third-order valence-corrected chi connectivity index (χ3v) is 5.51. The lowest BCUT2D eigenvalue weighted by Gasteiger charge is -2.14. The van der Waals surface area contributed by atoms with Crippen molar-refractivity contribution in [2.24, 2.45) is 0 Å². The zero-order chi connectivity index (χ0) is 17.1. The number of nitrogens with one attached hydrogen (secondary N) is 2. The number of benzene rings is 2. The van der Waals surface area contributed by atoms with Gasteiger partial charge in [0.1, 0.15) is 5.01 Å². The molecule has 25 heavy (non-hydrogen) atoms. The fourth-order valence-electron chi connectivity index (χ4n) is 2.91. The lowest BCUT2D eigenvalue weighted by molar-refractivity contribution is 0.114. The maximum absolute atomic E-state index is 5.60. The maximum Gasteiger partial charge on any atom is 0.170 e. The summed E-state index contributed by atoms with van der Waals surface area (Å²) < 4.78 is 6.80. The number of thiazole rings is 1. The number of nitrogens with zero attached hydrogens (tertiary/aromatic N) is 1. The highest BCUT2D eigenvalue weighted by Gasteiger charge is 2.15. The first-order chi connectivity index (χ1) is 12.3. The predicted octanol–water partition coefficient (Wildman–Crippen LogP) is 4.43. The molecular weight excluding hydrogens is 350 g/mol. The van der Waals surface area contributed by atoms with Gasteiger partial charge in [0.15, 0.2) is 5.11 Å². The lowest BCUT2D eigenvalue weighted by atomic mass is 10.2. The number of aromatic nitrogens is 1. The molecule has 4 nitrogen and oxygen atoms in total. The number of rotatable bonds is 4. The molecule has 1 aromatic heterocycles. The minimum Gasteiger partial charge on any atom is -0.376 e. The summed E-state index contributed by atoms with van der Waals surface area (Å²) in [6.45, 7) is 1.61. The number of ether oxygens (including phenoxy) is 1. The highest BCUT2D eigenvalue weighted by atomic mass is 32.1. The minimum atomic E-state index is 0.272. The molecule has 0 bridgehead atoms. The summed E-state index contributed by atoms with van der Waals surface area (Å²) in [6.07, 6.45) is 2.51. The Hall–Kier alpha value is -2.02. The van der Waals surface area contributed by atoms with Gasteiger partial charge in [-0.25, -0.2) is 4.98 Å². The molecule has 6 heteroatoms. The van der Waals surface area contributed by atoms with E-state index in [2.05, 4.69) is 28.8 Å². The van der Waals surface area contributed by atoms with Crippen LogP contribution in [0.4, 0.5) is 5.69 Å². The summed E-state index contributed by atoms with van der Waals surface area (Å²) in [5.41, 5.74) is 3.09. The molecule has 1 aliphatic rings. The second-order valence-electron chi connectivity index (χ2n) is 6.04. The summed E-state index contributed by atoms with van der Waals surface area (Å²) in [4.78, 5) is 4.72. The molecule has 2 N–H and O–H groups in total. The van der Waals surface area contributed by atoms with E-state index in [1.807, 2.05) is 30.3 Å². The van der Waals surface area contributed by atoms with Gasteiger partial charge in [0.2, 0.25) is 0 Å². The van der Waals surface area contributed by atoms with Crippen LogP contribution in [-0.4, -0.2) is 29.4 Å². The van der Waals surface area contributed by atoms with E-state index >= 15 is 0 Å². The molecule has 0 saturated carbocycles. The SMILES string of the molecule is S=C(NC[C@H]1CCCO1)Nc1cccc(-c2nc3ccccc3s2)c1. The van der Waals surface area contributed by atoms with Crippen molar-refractivity contribution in [1.29, 1.82) is 0 Å². The quantitative estimate of drug-likeness (QED) is 0.666. The Morgan fingerprint density at radius 2 is 2.16 bits per heavy atom. The topological polar surface area (TPSA) is 46.2 Å². The van der Waals surface area contributed by atoms with Gasteiger partial charge >= 0.3 is 0 Å². The fourth-order valence-corrected chi connectivity index (χ4v) is 4.08. The number of fused-ring (bicyclic) bond motifs is 1. The molecule has 0 amide bonds. The van der Waals surface area contributed by atoms with E-state index < -0.39 is 0 Å². The molecule has 2 heterocycles. The van der Waals surface area contributed by atoms with E-state index in [-0.39, 0.29) is 6.10 Å². The van der Waals surface area contributed by atoms with Crippen molar-refractivity contribution in [3.8, 4) is 10.6 Å². The maximum atomic E-state index is 5.60. The van der Waals surface area contributed by atoms with E-state index in [1.165, 1.54) is 4.70 Å². The van der Waals surface area contributed by atoms with E-state index in [9.17, 15) is 0 Å². The number of para-hydroxylation sites is 1. The molecule has 1 fully saturated rings. The summed E-state index contributed by atoms with van der Waals surface area (Å²) in [7, 11) is 0. The predicted molar refractivity (Wildman–Crippen MR) is 108 cm³/mol. The van der Waals surface area contributed by atoms with E-state index in [0.29, 0.717) is 5.11 Å². The van der Waals surface area contributed by atoms with E-state index in [0.717, 1.165) is 47.8 Å². The average Bonchev–Trinajstić information content (AvgIpc) is 3.29. The molecule has 1 aliphatic heterocycles. The first-order valence-corrected chi connectivity index (χ1v) is 9.63. The van der Waals surface area contributed by atoms with Crippen molar-refractivity contribution >= 4 is 44.6 Å². The molecule has 0 aliphatic carbocycles. The molecule has 0 spiro atoms. The number of hydrogen-bond acceptors (Lipinski definition) is 4. The van der Waals surface area contributed by atoms with Crippen molar-refractivity contribution in [2.45, 2.75) is 18.9 Å². The van der Waals surface area contributed by atoms with Gasteiger partial charge < -0.3 is 15.4 Å². The molecule has 128 valence electrons. The standard InChI is InChI=1S/C19H19N3OS2/c24-19(20-12-15-7-4-10-23-15)21-14-6-3-5-13(11-14)18-22-16-8-1-2-9-17(16)25-18/h1-3,5-6,8-9,11,15H,4,7,10,12H2,(H2,20,21,24)/t15-/m1/s1. The van der Waals surface area contributed by atoms with Crippen molar-refractivity contribution in [2.75, 3.05) is 18.5 Å². The van der Waals surface area contributed by atoms with Gasteiger partial charge in [0.05, 0.1) is 16.3 Å². The first-order valence-electron chi connectivity index (χ1n) is 8.40. The summed E-state index contributed by atoms with van der Waals surface area (Å²) in [5.74, 6) is 0. The first kappa shape index (κ1) is 16.4. The normalized spacial score (nSPS) is 16.9. The number of hydrogen-bond donors (Lipinski definition) is 2. The third kappa shape index (κ3) is 3.98. The van der Waals surface area contributed by atoms with E-state index in [4.69, 9.17) is 21.9 Å². The van der Waals surface area contributed by atoms with Gasteiger partial charge in [-0.05, 0) is 49.3 Å². The van der Waals surface area contributed by atoms with Crippen LogP contribution in [0.5, 0.6) is 0 Å². The largest absolute Gasteiger partial charge is 0.376 e. The monoisotopic (exact) mass is 369 g/mol. The molecule has 0 radical (unpaired) electrons. The van der Waals surface area contributed by atoms with Gasteiger partial charge in [0.25, 0.3) is 0 Å². The Kier molecular flexibility index (Phi) is 4.92. The van der Waals surface area contributed by atoms with Gasteiger partial charge in [0, 0.05) is 24.4 Å². The van der Waals surface area contributed by atoms with E-state index in [1.54, 1.807) is 11.3 Å². The molecule has 3 aromatic rings. The Labute approximate surface area is 156 Å². The van der Waals surface area contributed by atoms with Crippen molar-refractivity contribution < 1.29 is 4.74 Å². The van der Waals surface area contributed by atoms with Gasteiger partial charge in [-0.3, -0.25) is 0 Å². The zero-order valence-corrected chi connectivity index (χ0v) is 15.3. The van der Waals surface area contributed by atoms with Crippen LogP contribution in [0.3, 0.4) is 0 Å². The second-order valence-corrected chi connectivity index (χ2v) is 7.48. The fraction of sp³-hybridized carbons (Fsp3) is 0.263. The zero-order valence-electron chi connectivity index (χ0n) is 13.7. The molecular formula is C19H19N3OS2. The van der Waals surface area contributed by atoms with Crippen LogP contribution in [-0.2, 0) is 4.74 Å². The van der Waals surface area contributed by atoms with Crippen LogP contribution >= 0.6 is 23.6 Å². The van der Waals surface area contributed by atoms with Crippen LogP contribution in [0.2, 0.25) is 0 Å². The van der Waals surface area contributed by atoms with Crippen molar-refractivity contribution in [1.82, 2.24) is 10.3 Å². The Morgan fingerprint density at radius 1 is 1.24 bits per heavy atom. The number of thiocarbonyl (C=S) groups is 1. The van der Waals surface area contributed by atoms with Crippen LogP contribution in [0.15, 0.2) is 48.5 Å².